The van der Waals surface area contributed by atoms with E-state index >= 15 is 0 Å². The van der Waals surface area contributed by atoms with Gasteiger partial charge in [-0.1, -0.05) is 58.2 Å². The van der Waals surface area contributed by atoms with Gasteiger partial charge in [0.15, 0.2) is 5.78 Å². The number of aliphatic imine (C=N–C) groups is 1. The number of likely N-dealkylation sites (tertiary alicyclic amines) is 1. The molecule has 8 heteroatoms. The Labute approximate surface area is 232 Å². The van der Waals surface area contributed by atoms with E-state index < -0.39 is 12.1 Å². The maximum atomic E-state index is 14.0. The molecule has 0 radical (unpaired) electrons. The molecule has 0 bridgehead atoms. The van der Waals surface area contributed by atoms with Gasteiger partial charge in [0.2, 0.25) is 11.8 Å². The van der Waals surface area contributed by atoms with Crippen molar-refractivity contribution in [1.82, 2.24) is 15.5 Å². The normalized spacial score (nSPS) is 24.1. The van der Waals surface area contributed by atoms with Crippen LogP contribution in [0, 0.1) is 5.92 Å². The molecule has 2 N–H and O–H groups in total. The molecule has 1 saturated heterocycles. The number of Topliss-reactive ketones (excluding diaryl/α,β-unsaturated/α-hetero) is 1. The lowest BCUT2D eigenvalue weighted by Gasteiger charge is -2.35. The van der Waals surface area contributed by atoms with Crippen molar-refractivity contribution in [2.45, 2.75) is 102 Å². The minimum absolute atomic E-state index is 0.00649. The van der Waals surface area contributed by atoms with E-state index in [1.165, 1.54) is 6.42 Å². The maximum absolute atomic E-state index is 14.0. The zero-order valence-corrected chi connectivity index (χ0v) is 24.4. The highest BCUT2D eigenvalue weighted by Gasteiger charge is 2.42. The van der Waals surface area contributed by atoms with Crippen molar-refractivity contribution < 1.29 is 14.4 Å². The number of rotatable bonds is 8. The van der Waals surface area contributed by atoms with Crippen molar-refractivity contribution in [2.24, 2.45) is 10.9 Å². The Kier molecular flexibility index (Phi) is 9.35. The number of hydrogen-bond donors (Lipinski definition) is 2. The highest BCUT2D eigenvalue weighted by Crippen LogP contribution is 2.33. The molecular formula is C30H44N4O3S. The molecule has 2 amide bonds. The molecule has 208 valence electrons. The van der Waals surface area contributed by atoms with Gasteiger partial charge >= 0.3 is 0 Å². The molecule has 0 aromatic heterocycles. The number of carbonyl (C=O) groups is 3. The van der Waals surface area contributed by atoms with E-state index in [0.29, 0.717) is 17.9 Å². The molecule has 2 heterocycles. The van der Waals surface area contributed by atoms with Crippen molar-refractivity contribution in [2.75, 3.05) is 19.3 Å². The van der Waals surface area contributed by atoms with Crippen LogP contribution in [0.3, 0.4) is 0 Å². The average Bonchev–Trinajstić information content (AvgIpc) is 3.60. The summed E-state index contributed by atoms with van der Waals surface area (Å²) in [5.41, 5.74) is 1.80. The fourth-order valence-corrected chi connectivity index (χ4v) is 6.96. The first-order valence-corrected chi connectivity index (χ1v) is 15.2. The predicted octanol–water partition coefficient (Wildman–Crippen LogP) is 4.34. The van der Waals surface area contributed by atoms with Crippen LogP contribution in [0.4, 0.5) is 0 Å². The van der Waals surface area contributed by atoms with Gasteiger partial charge in [0.05, 0.1) is 17.1 Å². The van der Waals surface area contributed by atoms with Crippen LogP contribution < -0.4 is 10.6 Å². The third kappa shape index (κ3) is 6.50. The lowest BCUT2D eigenvalue weighted by atomic mass is 9.83. The van der Waals surface area contributed by atoms with E-state index in [1.807, 2.05) is 30.0 Å². The third-order valence-corrected chi connectivity index (χ3v) is 9.48. The molecule has 1 aromatic carbocycles. The number of ketones is 1. The second-order valence-electron chi connectivity index (χ2n) is 12.1. The molecule has 2 fully saturated rings. The second kappa shape index (κ2) is 12.3. The number of likely N-dealkylation sites (N-methyl/N-ethyl adjacent to an activating group) is 1. The molecule has 1 aromatic rings. The van der Waals surface area contributed by atoms with Gasteiger partial charge in [-0.15, -0.1) is 11.8 Å². The second-order valence-corrected chi connectivity index (χ2v) is 13.1. The van der Waals surface area contributed by atoms with Crippen LogP contribution in [0.5, 0.6) is 0 Å². The van der Waals surface area contributed by atoms with E-state index in [4.69, 9.17) is 4.99 Å². The number of hydrogen-bond acceptors (Lipinski definition) is 6. The van der Waals surface area contributed by atoms with Gasteiger partial charge in [-0.25, -0.2) is 0 Å². The molecule has 38 heavy (non-hydrogen) atoms. The molecule has 4 atom stereocenters. The summed E-state index contributed by atoms with van der Waals surface area (Å²) in [6.07, 6.45) is 7.05. The molecule has 3 unspecified atom stereocenters. The SMILES string of the molecule is CN[C@@H](C)C(=O)NC(C(=O)N1CCCC1C1=NC(C(=O)c2cccc(C(C)(C)C)c2)CS1)C1CCCCC1. The standard InChI is InChI=1S/C30H44N4O3S/c1-19(31-5)27(36)33-25(20-11-7-6-8-12-20)29(37)34-16-10-15-24(34)28-32-23(18-38-28)26(35)21-13-9-14-22(17-21)30(2,3)4/h9,13-14,17,19-20,23-25,31H,6-8,10-12,15-16,18H2,1-5H3,(H,33,36)/t19-,23?,24?,25?/m0/s1. The Balaban J connectivity index is 1.51. The molecule has 4 rings (SSSR count). The summed E-state index contributed by atoms with van der Waals surface area (Å²) in [5.74, 6) is 0.681. The van der Waals surface area contributed by atoms with E-state index in [2.05, 4.69) is 37.5 Å². The van der Waals surface area contributed by atoms with Crippen molar-refractivity contribution >= 4 is 34.4 Å². The number of thioether (sulfide) groups is 1. The van der Waals surface area contributed by atoms with Gasteiger partial charge in [-0.3, -0.25) is 19.4 Å². The largest absolute Gasteiger partial charge is 0.343 e. The van der Waals surface area contributed by atoms with Gasteiger partial charge in [0.25, 0.3) is 0 Å². The van der Waals surface area contributed by atoms with E-state index in [-0.39, 0.29) is 41.0 Å². The summed E-state index contributed by atoms with van der Waals surface area (Å²) in [6, 6.07) is 6.48. The van der Waals surface area contributed by atoms with E-state index in [0.717, 1.165) is 49.1 Å². The van der Waals surface area contributed by atoms with Gasteiger partial charge in [0, 0.05) is 17.9 Å². The smallest absolute Gasteiger partial charge is 0.246 e. The number of nitrogens with one attached hydrogen (secondary N) is 2. The summed E-state index contributed by atoms with van der Waals surface area (Å²) < 4.78 is 0. The van der Waals surface area contributed by atoms with Crippen LogP contribution in [0.2, 0.25) is 0 Å². The molecule has 7 nitrogen and oxygen atoms in total. The summed E-state index contributed by atoms with van der Waals surface area (Å²) in [4.78, 5) is 47.0. The first-order valence-electron chi connectivity index (χ1n) is 14.2. The highest BCUT2D eigenvalue weighted by atomic mass is 32.2. The fraction of sp³-hybridized carbons (Fsp3) is 0.667. The summed E-state index contributed by atoms with van der Waals surface area (Å²) in [7, 11) is 1.75. The zero-order chi connectivity index (χ0) is 27.4. The zero-order valence-electron chi connectivity index (χ0n) is 23.6. The van der Waals surface area contributed by atoms with Crippen molar-refractivity contribution in [1.29, 1.82) is 0 Å². The van der Waals surface area contributed by atoms with Crippen LogP contribution in [0.1, 0.15) is 88.6 Å². The Bertz CT molecular complexity index is 1060. The molecule has 0 spiro atoms. The van der Waals surface area contributed by atoms with Gasteiger partial charge < -0.3 is 15.5 Å². The van der Waals surface area contributed by atoms with Crippen LogP contribution in [-0.4, -0.2) is 71.1 Å². The number of benzene rings is 1. The monoisotopic (exact) mass is 540 g/mol. The van der Waals surface area contributed by atoms with Crippen molar-refractivity contribution in [3.63, 3.8) is 0 Å². The maximum Gasteiger partial charge on any atom is 0.246 e. The van der Waals surface area contributed by atoms with Crippen molar-refractivity contribution in [3.8, 4) is 0 Å². The Morgan fingerprint density at radius 1 is 1.08 bits per heavy atom. The lowest BCUT2D eigenvalue weighted by molar-refractivity contribution is -0.138. The topological polar surface area (TPSA) is 90.9 Å². The molecule has 2 aliphatic heterocycles. The predicted molar refractivity (Wildman–Crippen MR) is 155 cm³/mol. The fourth-order valence-electron chi connectivity index (χ4n) is 5.76. The molecular weight excluding hydrogens is 496 g/mol. The van der Waals surface area contributed by atoms with Crippen LogP contribution in [0.15, 0.2) is 29.3 Å². The molecule has 1 aliphatic carbocycles. The van der Waals surface area contributed by atoms with Crippen LogP contribution >= 0.6 is 11.8 Å². The minimum Gasteiger partial charge on any atom is -0.343 e. The first kappa shape index (κ1) is 28.8. The number of amides is 2. The van der Waals surface area contributed by atoms with Gasteiger partial charge in [-0.2, -0.15) is 0 Å². The van der Waals surface area contributed by atoms with Crippen molar-refractivity contribution in [3.05, 3.63) is 35.4 Å². The first-order chi connectivity index (χ1) is 18.1. The highest BCUT2D eigenvalue weighted by molar-refractivity contribution is 8.14. The van der Waals surface area contributed by atoms with E-state index in [1.54, 1.807) is 18.8 Å². The average molecular weight is 541 g/mol. The quantitative estimate of drug-likeness (QED) is 0.479. The lowest BCUT2D eigenvalue weighted by Crippen LogP contribution is -2.57. The van der Waals surface area contributed by atoms with Gasteiger partial charge in [0.1, 0.15) is 12.1 Å². The minimum atomic E-state index is -0.510. The Hall–Kier alpha value is -2.19. The number of carbonyl (C=O) groups excluding carboxylic acids is 3. The third-order valence-electron chi connectivity index (χ3n) is 8.32. The van der Waals surface area contributed by atoms with E-state index in [9.17, 15) is 14.4 Å². The molecule has 3 aliphatic rings. The Morgan fingerprint density at radius 3 is 2.50 bits per heavy atom. The summed E-state index contributed by atoms with van der Waals surface area (Å²) in [5, 5.41) is 6.97. The summed E-state index contributed by atoms with van der Waals surface area (Å²) in [6.45, 7) is 8.91. The molecule has 1 saturated carbocycles. The van der Waals surface area contributed by atoms with Gasteiger partial charge in [-0.05, 0) is 62.6 Å². The summed E-state index contributed by atoms with van der Waals surface area (Å²) >= 11 is 1.61. The Morgan fingerprint density at radius 2 is 1.82 bits per heavy atom. The van der Waals surface area contributed by atoms with Crippen LogP contribution in [0.25, 0.3) is 0 Å². The van der Waals surface area contributed by atoms with Crippen LogP contribution in [-0.2, 0) is 15.0 Å². The number of nitrogens with zero attached hydrogens (tertiary/aromatic N) is 2.